The van der Waals surface area contributed by atoms with Crippen LogP contribution in [0.4, 0.5) is 0 Å². The molecule has 0 fully saturated rings. The average molecular weight is 270 g/mol. The van der Waals surface area contributed by atoms with Gasteiger partial charge in [0.15, 0.2) is 5.60 Å². The number of aliphatic hydroxyl groups is 1. The van der Waals surface area contributed by atoms with Crippen molar-refractivity contribution in [3.63, 3.8) is 0 Å². The first-order valence-electron chi connectivity index (χ1n) is 3.33. The third-order valence-electron chi connectivity index (χ3n) is 1.27. The zero-order valence-corrected chi connectivity index (χ0v) is 13.2. The van der Waals surface area contributed by atoms with E-state index in [1.165, 1.54) is 0 Å². The maximum Gasteiger partial charge on any atom is 1.00 e. The molecule has 0 saturated heterocycles. The number of hydrogen-bond acceptors (Lipinski definition) is 8. The Balaban J connectivity index is -0.000000199. The molecule has 4 N–H and O–H groups in total. The van der Waals surface area contributed by atoms with Gasteiger partial charge in [-0.3, -0.25) is 10.5 Å². The molecule has 0 aromatic heterocycles. The average Bonchev–Trinajstić information content (AvgIpc) is 2.04. The van der Waals surface area contributed by atoms with E-state index in [9.17, 15) is 24.6 Å². The number of carboxylic acid groups (broad SMARTS) is 3. The van der Waals surface area contributed by atoms with Gasteiger partial charge in [-0.2, -0.15) is 0 Å². The van der Waals surface area contributed by atoms with Gasteiger partial charge in [-0.15, -0.1) is 0 Å². The van der Waals surface area contributed by atoms with Crippen LogP contribution in [0, 0.1) is 0 Å². The number of carboxylic acids is 3. The Morgan fingerprint density at radius 1 is 0.941 bits per heavy atom. The fourth-order valence-electron chi connectivity index (χ4n) is 0.691. The maximum absolute atomic E-state index is 10.3. The first-order valence-corrected chi connectivity index (χ1v) is 3.33. The molecule has 9 nitrogen and oxygen atoms in total. The van der Waals surface area contributed by atoms with Gasteiger partial charge in [0.25, 0.3) is 0 Å². The van der Waals surface area contributed by atoms with E-state index in [4.69, 9.17) is 20.7 Å². The molecule has 0 unspecified atom stereocenters. The third kappa shape index (κ3) is 12.5. The van der Waals surface area contributed by atoms with E-state index in [-0.39, 0.29) is 59.1 Å². The number of carbonyl (C=O) groups is 3. The summed E-state index contributed by atoms with van der Waals surface area (Å²) in [5, 5.41) is 49.2. The van der Waals surface area contributed by atoms with Crippen LogP contribution in [0.15, 0.2) is 0 Å². The second-order valence-corrected chi connectivity index (χ2v) is 2.43. The van der Waals surface area contributed by atoms with Gasteiger partial charge < -0.3 is 30.0 Å². The second-order valence-electron chi connectivity index (χ2n) is 2.43. The predicted octanol–water partition coefficient (Wildman–Crippen LogP) is -9.89. The molecule has 0 rings (SSSR count). The van der Waals surface area contributed by atoms with E-state index in [1.807, 2.05) is 0 Å². The third-order valence-corrected chi connectivity index (χ3v) is 1.27. The summed E-state index contributed by atoms with van der Waals surface area (Å²) in [6.07, 6.45) is -2.59. The van der Waals surface area contributed by atoms with Crippen molar-refractivity contribution < 1.29 is 104 Å². The fraction of sp³-hybridized carbons (Fsp3) is 0.500. The largest absolute Gasteiger partial charge is 1.00 e. The van der Waals surface area contributed by atoms with Crippen molar-refractivity contribution in [2.75, 3.05) is 0 Å². The predicted molar refractivity (Wildman–Crippen MR) is 37.1 cm³/mol. The SMILES string of the molecule is O=C([O-])CC(O)(CC(=O)[O-])C(=O)O.OO.[Na+].[Na+]. The molecule has 0 aromatic rings. The van der Waals surface area contributed by atoms with E-state index in [1.54, 1.807) is 0 Å². The quantitative estimate of drug-likeness (QED) is 0.214. The molecule has 0 aliphatic carbocycles. The number of aliphatic carboxylic acids is 3. The van der Waals surface area contributed by atoms with Crippen LogP contribution in [0.1, 0.15) is 12.8 Å². The van der Waals surface area contributed by atoms with Gasteiger partial charge in [0.2, 0.25) is 0 Å². The van der Waals surface area contributed by atoms with E-state index in [2.05, 4.69) is 0 Å². The minimum absolute atomic E-state index is 0. The molecule has 0 amide bonds. The fourth-order valence-corrected chi connectivity index (χ4v) is 0.691. The molecular weight excluding hydrogens is 262 g/mol. The van der Waals surface area contributed by atoms with Crippen LogP contribution in [0.3, 0.4) is 0 Å². The van der Waals surface area contributed by atoms with Gasteiger partial charge in [0.05, 0.1) is 0 Å². The zero-order chi connectivity index (χ0) is 12.6. The Bertz CT molecular complexity index is 238. The van der Waals surface area contributed by atoms with E-state index >= 15 is 0 Å². The smallest absolute Gasteiger partial charge is 0.550 e. The minimum Gasteiger partial charge on any atom is -0.550 e. The zero-order valence-electron chi connectivity index (χ0n) is 9.24. The van der Waals surface area contributed by atoms with Crippen LogP contribution in [-0.4, -0.2) is 44.2 Å². The summed E-state index contributed by atoms with van der Waals surface area (Å²) in [5.74, 6) is -5.65. The summed E-state index contributed by atoms with van der Waals surface area (Å²) in [6.45, 7) is 0. The Hall–Kier alpha value is 0.290. The number of carbonyl (C=O) groups excluding carboxylic acids is 2. The van der Waals surface area contributed by atoms with Gasteiger partial charge in [-0.25, -0.2) is 4.79 Å². The summed E-state index contributed by atoms with van der Waals surface area (Å²) >= 11 is 0. The number of rotatable bonds is 5. The van der Waals surface area contributed by atoms with Gasteiger partial charge in [0, 0.05) is 24.8 Å². The molecule has 0 radical (unpaired) electrons. The van der Waals surface area contributed by atoms with Crippen molar-refractivity contribution in [3.05, 3.63) is 0 Å². The summed E-state index contributed by atoms with van der Waals surface area (Å²) in [7, 11) is 0. The Labute approximate surface area is 140 Å². The van der Waals surface area contributed by atoms with Crippen LogP contribution >= 0.6 is 0 Å². The number of hydrogen-bond donors (Lipinski definition) is 4. The van der Waals surface area contributed by atoms with Crippen LogP contribution in [0.5, 0.6) is 0 Å². The molecular formula is C6H8Na2O9. The normalized spacial score (nSPS) is 8.65. The van der Waals surface area contributed by atoms with E-state index < -0.39 is 36.4 Å². The van der Waals surface area contributed by atoms with Gasteiger partial charge in [0.1, 0.15) is 0 Å². The van der Waals surface area contributed by atoms with Gasteiger partial charge in [-0.1, -0.05) is 0 Å². The van der Waals surface area contributed by atoms with Gasteiger partial charge in [-0.05, 0) is 0 Å². The summed E-state index contributed by atoms with van der Waals surface area (Å²) in [4.78, 5) is 30.2. The van der Waals surface area contributed by atoms with Crippen LogP contribution in [0.25, 0.3) is 0 Å². The molecule has 0 aliphatic heterocycles. The second kappa shape index (κ2) is 12.7. The van der Waals surface area contributed by atoms with Crippen LogP contribution in [0.2, 0.25) is 0 Å². The molecule has 0 heterocycles. The Morgan fingerprint density at radius 3 is 1.29 bits per heavy atom. The summed E-state index contributed by atoms with van der Waals surface area (Å²) in [5.41, 5.74) is -2.86. The Kier molecular flexibility index (Phi) is 19.5. The first-order chi connectivity index (χ1) is 6.78. The first kappa shape index (κ1) is 26.0. The van der Waals surface area contributed by atoms with Crippen molar-refractivity contribution in [1.29, 1.82) is 0 Å². The molecule has 88 valence electrons. The molecule has 0 aliphatic rings. The van der Waals surface area contributed by atoms with Crippen molar-refractivity contribution in [2.24, 2.45) is 0 Å². The molecule has 0 spiro atoms. The van der Waals surface area contributed by atoms with Crippen LogP contribution in [-0.2, 0) is 14.4 Å². The van der Waals surface area contributed by atoms with Crippen molar-refractivity contribution >= 4 is 17.9 Å². The molecule has 11 heteroatoms. The van der Waals surface area contributed by atoms with Crippen molar-refractivity contribution in [3.8, 4) is 0 Å². The van der Waals surface area contributed by atoms with E-state index in [0.29, 0.717) is 0 Å². The van der Waals surface area contributed by atoms with Gasteiger partial charge >= 0.3 is 65.1 Å². The maximum atomic E-state index is 10.3. The molecule has 0 atom stereocenters. The Morgan fingerprint density at radius 2 is 1.18 bits per heavy atom. The molecule has 0 bridgehead atoms. The summed E-state index contributed by atoms with van der Waals surface area (Å²) < 4.78 is 0. The standard InChI is InChI=1S/C6H8O7.2Na.H2O2/c7-3(8)1-6(13,5(11)12)2-4(9)10;;;1-2/h13H,1-2H2,(H,7,8)(H,9,10)(H,11,12);;;1-2H/q;2*+1;/p-2. The molecule has 0 saturated carbocycles. The topological polar surface area (TPSA) is 178 Å². The monoisotopic (exact) mass is 270 g/mol. The van der Waals surface area contributed by atoms with E-state index in [0.717, 1.165) is 0 Å². The van der Waals surface area contributed by atoms with Crippen molar-refractivity contribution in [1.82, 2.24) is 0 Å². The van der Waals surface area contributed by atoms with Crippen LogP contribution < -0.4 is 69.3 Å². The molecule has 0 aromatic carbocycles. The molecule has 17 heavy (non-hydrogen) atoms. The van der Waals surface area contributed by atoms with Crippen molar-refractivity contribution in [2.45, 2.75) is 18.4 Å². The minimum atomic E-state index is -2.86. The summed E-state index contributed by atoms with van der Waals surface area (Å²) in [6, 6.07) is 0.